The predicted octanol–water partition coefficient (Wildman–Crippen LogP) is 5.03. The van der Waals surface area contributed by atoms with Gasteiger partial charge in [-0.3, -0.25) is 0 Å². The molecule has 0 aliphatic carbocycles. The summed E-state index contributed by atoms with van der Waals surface area (Å²) in [6, 6.07) is 3.06. The molecule has 2 rings (SSSR count). The zero-order valence-corrected chi connectivity index (χ0v) is 11.4. The van der Waals surface area contributed by atoms with Gasteiger partial charge in [-0.05, 0) is 53.1 Å². The monoisotopic (exact) mass is 339 g/mol. The van der Waals surface area contributed by atoms with Crippen LogP contribution in [0.2, 0.25) is 5.02 Å². The molecule has 1 aromatic rings. The van der Waals surface area contributed by atoms with Crippen LogP contribution in [0.25, 0.3) is 6.08 Å². The molecular weight excluding hydrogens is 332 g/mol. The molecule has 0 saturated carbocycles. The van der Waals surface area contributed by atoms with Crippen LogP contribution < -0.4 is 4.74 Å². The summed E-state index contributed by atoms with van der Waals surface area (Å²) >= 11 is 8.99. The maximum Gasteiger partial charge on any atom is 0.429 e. The minimum absolute atomic E-state index is 0.0216. The molecule has 0 saturated heterocycles. The molecule has 1 nitrogen and oxygen atoms in total. The third-order valence-electron chi connectivity index (χ3n) is 2.54. The van der Waals surface area contributed by atoms with E-state index < -0.39 is 12.3 Å². The summed E-state index contributed by atoms with van der Waals surface area (Å²) in [6.45, 7) is 3.50. The third-order valence-corrected chi connectivity index (χ3v) is 3.34. The van der Waals surface area contributed by atoms with Crippen LogP contribution in [-0.2, 0) is 0 Å². The molecule has 0 fully saturated rings. The van der Waals surface area contributed by atoms with E-state index >= 15 is 0 Å². The van der Waals surface area contributed by atoms with Crippen molar-refractivity contribution < 1.29 is 17.9 Å². The standard InChI is InChI=1S/C12H8BrClF3O/c1-2-6-3-7-4-8(14)5-9(13)10(7)18-11(6)12(15,16)17/h3-5,11H,1-2H2. The molecule has 1 radical (unpaired) electrons. The lowest BCUT2D eigenvalue weighted by Gasteiger charge is -2.29. The lowest BCUT2D eigenvalue weighted by Crippen LogP contribution is -2.37. The molecule has 0 bridgehead atoms. The van der Waals surface area contributed by atoms with Crippen LogP contribution >= 0.6 is 27.5 Å². The summed E-state index contributed by atoms with van der Waals surface area (Å²) in [6.07, 6.45) is -4.95. The van der Waals surface area contributed by atoms with E-state index in [0.29, 0.717) is 15.1 Å². The molecular formula is C12H8BrClF3O. The van der Waals surface area contributed by atoms with Gasteiger partial charge in [-0.25, -0.2) is 0 Å². The first-order chi connectivity index (χ1) is 8.32. The molecule has 1 aliphatic rings. The SMILES string of the molecule is [CH2]CC1=Cc2cc(Cl)cc(Br)c2OC1C(F)(F)F. The molecule has 6 heteroatoms. The molecule has 18 heavy (non-hydrogen) atoms. The Morgan fingerprint density at radius 3 is 2.61 bits per heavy atom. The van der Waals surface area contributed by atoms with Gasteiger partial charge < -0.3 is 4.74 Å². The molecule has 0 aromatic heterocycles. The summed E-state index contributed by atoms with van der Waals surface area (Å²) in [7, 11) is 0. The fourth-order valence-corrected chi connectivity index (χ4v) is 2.69. The topological polar surface area (TPSA) is 9.23 Å². The van der Waals surface area contributed by atoms with Crippen LogP contribution in [-0.4, -0.2) is 12.3 Å². The number of ether oxygens (including phenoxy) is 1. The van der Waals surface area contributed by atoms with Gasteiger partial charge in [0.1, 0.15) is 5.75 Å². The smallest absolute Gasteiger partial charge is 0.429 e. The van der Waals surface area contributed by atoms with Crippen molar-refractivity contribution in [2.24, 2.45) is 0 Å². The van der Waals surface area contributed by atoms with E-state index in [4.69, 9.17) is 16.3 Å². The van der Waals surface area contributed by atoms with E-state index in [1.165, 1.54) is 12.1 Å². The first-order valence-corrected chi connectivity index (χ1v) is 6.22. The summed E-state index contributed by atoms with van der Waals surface area (Å²) in [4.78, 5) is 0. The highest BCUT2D eigenvalue weighted by Gasteiger charge is 2.45. The van der Waals surface area contributed by atoms with E-state index in [-0.39, 0.29) is 17.7 Å². The highest BCUT2D eigenvalue weighted by atomic mass is 79.9. The first-order valence-electron chi connectivity index (χ1n) is 5.05. The molecule has 97 valence electrons. The minimum Gasteiger partial charge on any atom is -0.475 e. The highest BCUT2D eigenvalue weighted by molar-refractivity contribution is 9.10. The number of benzene rings is 1. The molecule has 1 aromatic carbocycles. The number of hydrogen-bond donors (Lipinski definition) is 0. The maximum absolute atomic E-state index is 12.8. The van der Waals surface area contributed by atoms with Crippen molar-refractivity contribution in [1.29, 1.82) is 0 Å². The quantitative estimate of drug-likeness (QED) is 0.696. The third kappa shape index (κ3) is 2.52. The van der Waals surface area contributed by atoms with Gasteiger partial charge in [0.2, 0.25) is 6.10 Å². The van der Waals surface area contributed by atoms with Crippen LogP contribution in [0.5, 0.6) is 5.75 Å². The van der Waals surface area contributed by atoms with Gasteiger partial charge in [0.15, 0.2) is 0 Å². The van der Waals surface area contributed by atoms with Gasteiger partial charge in [0.05, 0.1) is 4.47 Å². The summed E-state index contributed by atoms with van der Waals surface area (Å²) in [5.41, 5.74) is 0.609. The Kier molecular flexibility index (Phi) is 3.65. The second-order valence-electron chi connectivity index (χ2n) is 3.81. The molecule has 0 amide bonds. The fourth-order valence-electron chi connectivity index (χ4n) is 1.76. The molecule has 0 spiro atoms. The van der Waals surface area contributed by atoms with Crippen LogP contribution in [0.3, 0.4) is 0 Å². The van der Waals surface area contributed by atoms with Gasteiger partial charge >= 0.3 is 6.18 Å². The Hall–Kier alpha value is -0.680. The average Bonchev–Trinajstić information content (AvgIpc) is 2.25. The first kappa shape index (κ1) is 13.7. The number of alkyl halides is 3. The molecule has 0 N–H and O–H groups in total. The van der Waals surface area contributed by atoms with Crippen molar-refractivity contribution in [2.45, 2.75) is 18.7 Å². The van der Waals surface area contributed by atoms with Crippen molar-refractivity contribution in [2.75, 3.05) is 0 Å². The van der Waals surface area contributed by atoms with E-state index in [9.17, 15) is 13.2 Å². The van der Waals surface area contributed by atoms with E-state index in [1.54, 1.807) is 6.07 Å². The highest BCUT2D eigenvalue weighted by Crippen LogP contribution is 2.42. The number of fused-ring (bicyclic) bond motifs is 1. The molecule has 1 unspecified atom stereocenters. The zero-order valence-electron chi connectivity index (χ0n) is 9.02. The van der Waals surface area contributed by atoms with Gasteiger partial charge in [0.25, 0.3) is 0 Å². The Balaban J connectivity index is 2.53. The number of hydrogen-bond acceptors (Lipinski definition) is 1. The summed E-state index contributed by atoms with van der Waals surface area (Å²) in [5, 5.41) is 0.425. The van der Waals surface area contributed by atoms with E-state index in [0.717, 1.165) is 0 Å². The Labute approximate surface area is 116 Å². The Morgan fingerprint density at radius 2 is 2.06 bits per heavy atom. The fraction of sp³-hybridized carbons (Fsp3) is 0.250. The molecule has 1 atom stereocenters. The predicted molar refractivity (Wildman–Crippen MR) is 67.6 cm³/mol. The van der Waals surface area contributed by atoms with Crippen LogP contribution in [0.4, 0.5) is 13.2 Å². The van der Waals surface area contributed by atoms with Gasteiger partial charge in [0, 0.05) is 10.6 Å². The molecule has 1 aliphatic heterocycles. The minimum atomic E-state index is -4.46. The second-order valence-corrected chi connectivity index (χ2v) is 5.11. The lowest BCUT2D eigenvalue weighted by atomic mass is 9.99. The van der Waals surface area contributed by atoms with Gasteiger partial charge in [-0.1, -0.05) is 11.6 Å². The Bertz CT molecular complexity index is 511. The second kappa shape index (κ2) is 4.78. The lowest BCUT2D eigenvalue weighted by molar-refractivity contribution is -0.184. The number of rotatable bonds is 1. The van der Waals surface area contributed by atoms with Crippen molar-refractivity contribution in [3.63, 3.8) is 0 Å². The maximum atomic E-state index is 12.8. The van der Waals surface area contributed by atoms with Crippen molar-refractivity contribution in [3.05, 3.63) is 39.7 Å². The van der Waals surface area contributed by atoms with Crippen LogP contribution in [0.1, 0.15) is 12.0 Å². The van der Waals surface area contributed by atoms with E-state index in [1.807, 2.05) is 0 Å². The van der Waals surface area contributed by atoms with Crippen molar-refractivity contribution in [3.8, 4) is 5.75 Å². The summed E-state index contributed by atoms with van der Waals surface area (Å²) < 4.78 is 44.0. The summed E-state index contributed by atoms with van der Waals surface area (Å²) in [5.74, 6) is 0.152. The van der Waals surface area contributed by atoms with Gasteiger partial charge in [-0.15, -0.1) is 0 Å². The Morgan fingerprint density at radius 1 is 1.39 bits per heavy atom. The molecule has 1 heterocycles. The zero-order chi connectivity index (χ0) is 13.5. The number of halogens is 5. The largest absolute Gasteiger partial charge is 0.475 e. The van der Waals surface area contributed by atoms with Crippen molar-refractivity contribution in [1.82, 2.24) is 0 Å². The van der Waals surface area contributed by atoms with Crippen LogP contribution in [0.15, 0.2) is 22.2 Å². The normalized spacial score (nSPS) is 19.0. The average molecular weight is 341 g/mol. The van der Waals surface area contributed by atoms with Crippen LogP contribution in [0, 0.1) is 6.92 Å². The van der Waals surface area contributed by atoms with Gasteiger partial charge in [-0.2, -0.15) is 13.2 Å². The van der Waals surface area contributed by atoms with Crippen molar-refractivity contribution >= 4 is 33.6 Å². The van der Waals surface area contributed by atoms with E-state index in [2.05, 4.69) is 22.9 Å².